The molecule has 1 N–H and O–H groups in total. The van der Waals surface area contributed by atoms with Crippen LogP contribution in [0.5, 0.6) is 0 Å². The summed E-state index contributed by atoms with van der Waals surface area (Å²) in [6.07, 6.45) is 2.47. The minimum atomic E-state index is -0.530. The number of nitrogens with one attached hydrogen (secondary N) is 1. The number of guanidine groups is 1. The van der Waals surface area contributed by atoms with Crippen LogP contribution in [0.2, 0.25) is 0 Å². The van der Waals surface area contributed by atoms with Crippen LogP contribution in [0, 0.1) is 11.3 Å². The molecule has 3 aliphatic rings. The number of hydrogen-bond acceptors (Lipinski definition) is 4. The van der Waals surface area contributed by atoms with Crippen molar-refractivity contribution >= 4 is 17.8 Å². The van der Waals surface area contributed by atoms with Crippen LogP contribution in [0.15, 0.2) is 41.7 Å². The van der Waals surface area contributed by atoms with Crippen LogP contribution in [-0.4, -0.2) is 70.8 Å². The SMILES string of the molecule is CO/C(C)=C(/C(=O)N1CCC(CN2C(=N)N3C(C)CC3(C)C2=O)CC1)C(C)c1ccccc1. The number of benzene rings is 1. The summed E-state index contributed by atoms with van der Waals surface area (Å²) in [6.45, 7) is 9.80. The summed E-state index contributed by atoms with van der Waals surface area (Å²) in [7, 11) is 1.61. The smallest absolute Gasteiger partial charge is 0.255 e. The van der Waals surface area contributed by atoms with Gasteiger partial charge in [-0.3, -0.25) is 19.9 Å². The van der Waals surface area contributed by atoms with Gasteiger partial charge in [0.05, 0.1) is 12.7 Å². The lowest BCUT2D eigenvalue weighted by atomic mass is 9.82. The third kappa shape index (κ3) is 3.91. The molecule has 3 heterocycles. The zero-order chi connectivity index (χ0) is 23.9. The molecule has 33 heavy (non-hydrogen) atoms. The van der Waals surface area contributed by atoms with Gasteiger partial charge >= 0.3 is 0 Å². The number of fused-ring (bicyclic) bond motifs is 1. The molecule has 0 spiro atoms. The first-order valence-electron chi connectivity index (χ1n) is 12.0. The van der Waals surface area contributed by atoms with Crippen LogP contribution in [-0.2, 0) is 14.3 Å². The maximum absolute atomic E-state index is 13.5. The fourth-order valence-electron chi connectivity index (χ4n) is 5.86. The lowest BCUT2D eigenvalue weighted by Crippen LogP contribution is -2.63. The monoisotopic (exact) mass is 452 g/mol. The average Bonchev–Trinajstić information content (AvgIpc) is 2.96. The molecule has 1 aromatic carbocycles. The maximum atomic E-state index is 13.5. The summed E-state index contributed by atoms with van der Waals surface area (Å²) in [5.74, 6) is 1.31. The van der Waals surface area contributed by atoms with Gasteiger partial charge in [-0.25, -0.2) is 0 Å². The molecular weight excluding hydrogens is 416 g/mol. The number of carbonyl (C=O) groups is 2. The van der Waals surface area contributed by atoms with Gasteiger partial charge in [0.2, 0.25) is 5.96 Å². The normalized spacial score (nSPS) is 27.2. The number of nitrogens with zero attached hydrogens (tertiary/aromatic N) is 3. The Morgan fingerprint density at radius 1 is 1.24 bits per heavy atom. The Bertz CT molecular complexity index is 967. The molecule has 0 saturated carbocycles. The predicted molar refractivity (Wildman–Crippen MR) is 128 cm³/mol. The van der Waals surface area contributed by atoms with Crippen molar-refractivity contribution in [3.63, 3.8) is 0 Å². The van der Waals surface area contributed by atoms with Crippen LogP contribution >= 0.6 is 0 Å². The largest absolute Gasteiger partial charge is 0.501 e. The minimum absolute atomic E-state index is 0.0274. The highest BCUT2D eigenvalue weighted by Gasteiger charge is 2.61. The van der Waals surface area contributed by atoms with Crippen molar-refractivity contribution < 1.29 is 14.3 Å². The van der Waals surface area contributed by atoms with E-state index >= 15 is 0 Å². The summed E-state index contributed by atoms with van der Waals surface area (Å²) in [4.78, 5) is 32.0. The van der Waals surface area contributed by atoms with Crippen molar-refractivity contribution in [2.24, 2.45) is 5.92 Å². The van der Waals surface area contributed by atoms with Gasteiger partial charge < -0.3 is 14.5 Å². The lowest BCUT2D eigenvalue weighted by Gasteiger charge is -2.49. The number of hydrogen-bond donors (Lipinski definition) is 1. The Hall–Kier alpha value is -2.83. The van der Waals surface area contributed by atoms with Gasteiger partial charge in [-0.1, -0.05) is 37.3 Å². The summed E-state index contributed by atoms with van der Waals surface area (Å²) in [5, 5.41) is 8.51. The number of ether oxygens (including phenoxy) is 1. The Morgan fingerprint density at radius 2 is 1.88 bits per heavy atom. The van der Waals surface area contributed by atoms with Gasteiger partial charge in [-0.05, 0) is 51.5 Å². The first-order chi connectivity index (χ1) is 15.7. The molecule has 7 heteroatoms. The van der Waals surface area contributed by atoms with Crippen molar-refractivity contribution in [2.45, 2.75) is 64.5 Å². The van der Waals surface area contributed by atoms with Crippen molar-refractivity contribution in [3.05, 3.63) is 47.2 Å². The van der Waals surface area contributed by atoms with E-state index in [9.17, 15) is 9.59 Å². The molecule has 0 aliphatic carbocycles. The highest BCUT2D eigenvalue weighted by Crippen LogP contribution is 2.43. The van der Waals surface area contributed by atoms with E-state index in [1.807, 2.05) is 60.9 Å². The quantitative estimate of drug-likeness (QED) is 0.529. The number of allylic oxidation sites excluding steroid dienone is 1. The standard InChI is InChI=1S/C26H36N4O3/c1-17-15-26(4)24(32)29(25(27)30(17)26)16-20-11-13-28(14-12-20)23(31)22(19(3)33-5)18(2)21-9-7-6-8-10-21/h6-10,17-18,20,27H,11-16H2,1-5H3/b22-19+,27-25?. The summed E-state index contributed by atoms with van der Waals surface area (Å²) < 4.78 is 5.50. The fourth-order valence-corrected chi connectivity index (χ4v) is 5.86. The lowest BCUT2D eigenvalue weighted by molar-refractivity contribution is -0.139. The van der Waals surface area contributed by atoms with E-state index in [0.29, 0.717) is 42.8 Å². The predicted octanol–water partition coefficient (Wildman–Crippen LogP) is 3.58. The number of amides is 2. The molecule has 4 rings (SSSR count). The van der Waals surface area contributed by atoms with E-state index in [1.165, 1.54) is 0 Å². The van der Waals surface area contributed by atoms with Crippen LogP contribution in [0.3, 0.4) is 0 Å². The maximum Gasteiger partial charge on any atom is 0.255 e. The second kappa shape index (κ2) is 8.84. The molecule has 0 radical (unpaired) electrons. The van der Waals surface area contributed by atoms with Gasteiger partial charge in [0.15, 0.2) is 0 Å². The molecule has 3 atom stereocenters. The van der Waals surface area contributed by atoms with Gasteiger partial charge in [0.25, 0.3) is 11.8 Å². The Labute approximate surface area is 196 Å². The molecule has 0 aromatic heterocycles. The second-order valence-corrected chi connectivity index (χ2v) is 9.98. The first-order valence-corrected chi connectivity index (χ1v) is 12.0. The van der Waals surface area contributed by atoms with Crippen LogP contribution in [0.1, 0.15) is 58.4 Å². The Balaban J connectivity index is 1.40. The highest BCUT2D eigenvalue weighted by atomic mass is 16.5. The Kier molecular flexibility index (Phi) is 6.25. The number of methoxy groups -OCH3 is 1. The zero-order valence-corrected chi connectivity index (χ0v) is 20.4. The first kappa shape index (κ1) is 23.3. The summed E-state index contributed by atoms with van der Waals surface area (Å²) >= 11 is 0. The summed E-state index contributed by atoms with van der Waals surface area (Å²) in [6, 6.07) is 10.3. The van der Waals surface area contributed by atoms with Gasteiger partial charge in [0.1, 0.15) is 11.3 Å². The Morgan fingerprint density at radius 3 is 2.42 bits per heavy atom. The molecule has 178 valence electrons. The van der Waals surface area contributed by atoms with Crippen LogP contribution < -0.4 is 0 Å². The van der Waals surface area contributed by atoms with Gasteiger partial charge in [0, 0.05) is 31.6 Å². The average molecular weight is 453 g/mol. The van der Waals surface area contributed by atoms with E-state index in [1.54, 1.807) is 12.0 Å². The summed E-state index contributed by atoms with van der Waals surface area (Å²) in [5.41, 5.74) is 1.26. The van der Waals surface area contributed by atoms with E-state index in [-0.39, 0.29) is 23.8 Å². The molecule has 3 unspecified atom stereocenters. The molecule has 2 amide bonds. The zero-order valence-electron chi connectivity index (χ0n) is 20.4. The topological polar surface area (TPSA) is 76.9 Å². The highest BCUT2D eigenvalue weighted by molar-refractivity contribution is 6.09. The molecule has 0 bridgehead atoms. The molecular formula is C26H36N4O3. The van der Waals surface area contributed by atoms with Crippen LogP contribution in [0.25, 0.3) is 0 Å². The number of piperidine rings is 1. The molecule has 1 aromatic rings. The van der Waals surface area contributed by atoms with E-state index < -0.39 is 5.54 Å². The molecule has 7 nitrogen and oxygen atoms in total. The second-order valence-electron chi connectivity index (χ2n) is 9.98. The number of likely N-dealkylation sites (tertiary alicyclic amines) is 1. The van der Waals surface area contributed by atoms with Crippen molar-refractivity contribution in [2.75, 3.05) is 26.7 Å². The molecule has 3 fully saturated rings. The number of rotatable bonds is 6. The third-order valence-corrected chi connectivity index (χ3v) is 7.85. The van der Waals surface area contributed by atoms with Crippen molar-refractivity contribution in [1.29, 1.82) is 5.41 Å². The van der Waals surface area contributed by atoms with E-state index in [2.05, 4.69) is 6.92 Å². The van der Waals surface area contributed by atoms with E-state index in [0.717, 1.165) is 24.8 Å². The molecule has 3 aliphatic heterocycles. The fraction of sp³-hybridized carbons (Fsp3) is 0.577. The van der Waals surface area contributed by atoms with Gasteiger partial charge in [-0.15, -0.1) is 0 Å². The van der Waals surface area contributed by atoms with E-state index in [4.69, 9.17) is 10.1 Å². The molecule has 3 saturated heterocycles. The van der Waals surface area contributed by atoms with Crippen molar-refractivity contribution in [3.8, 4) is 0 Å². The van der Waals surface area contributed by atoms with Crippen LogP contribution in [0.4, 0.5) is 0 Å². The minimum Gasteiger partial charge on any atom is -0.501 e. The number of carbonyl (C=O) groups excluding carboxylic acids is 2. The van der Waals surface area contributed by atoms with Gasteiger partial charge in [-0.2, -0.15) is 0 Å². The van der Waals surface area contributed by atoms with Crippen molar-refractivity contribution in [1.82, 2.24) is 14.7 Å². The third-order valence-electron chi connectivity index (χ3n) is 7.85.